The number of hydrogen-bond acceptors (Lipinski definition) is 5. The van der Waals surface area contributed by atoms with Crippen molar-refractivity contribution in [1.82, 2.24) is 24.8 Å². The van der Waals surface area contributed by atoms with Crippen LogP contribution in [0.3, 0.4) is 0 Å². The second kappa shape index (κ2) is 5.94. The summed E-state index contributed by atoms with van der Waals surface area (Å²) in [5.74, 6) is 1.02. The number of aromatic nitrogens is 4. The molecule has 3 aromatic heterocycles. The smallest absolute Gasteiger partial charge is 0.142 e. The Kier molecular flexibility index (Phi) is 3.85. The van der Waals surface area contributed by atoms with Gasteiger partial charge in [-0.25, -0.2) is 9.97 Å². The van der Waals surface area contributed by atoms with Gasteiger partial charge in [0.1, 0.15) is 10.8 Å². The average molecular weight is 285 g/mol. The number of thiazole rings is 1. The highest BCUT2D eigenvalue weighted by molar-refractivity contribution is 7.13. The maximum atomic E-state index is 4.59. The van der Waals surface area contributed by atoms with Gasteiger partial charge in [-0.2, -0.15) is 0 Å². The minimum atomic E-state index is 0.732. The molecular weight excluding hydrogens is 270 g/mol. The monoisotopic (exact) mass is 285 g/mol. The lowest BCUT2D eigenvalue weighted by Crippen LogP contribution is -2.15. The van der Waals surface area contributed by atoms with Crippen molar-refractivity contribution in [1.29, 1.82) is 0 Å². The molecule has 0 atom stereocenters. The number of hydrogen-bond donors (Lipinski definition) is 1. The molecule has 0 aliphatic carbocycles. The van der Waals surface area contributed by atoms with Gasteiger partial charge in [0.25, 0.3) is 0 Å². The summed E-state index contributed by atoms with van der Waals surface area (Å²) in [6, 6.07) is 5.86. The molecule has 0 aliphatic heterocycles. The number of aryl methyl sites for hydroxylation is 1. The molecule has 0 unspecified atom stereocenters. The molecule has 0 spiro atoms. The number of rotatable bonds is 5. The Labute approximate surface area is 121 Å². The van der Waals surface area contributed by atoms with Crippen LogP contribution >= 0.6 is 11.3 Å². The van der Waals surface area contributed by atoms with E-state index in [0.717, 1.165) is 35.3 Å². The summed E-state index contributed by atoms with van der Waals surface area (Å²) in [5.41, 5.74) is 1.96. The summed E-state index contributed by atoms with van der Waals surface area (Å²) in [7, 11) is 1.99. The average Bonchev–Trinajstić information content (AvgIpc) is 3.10. The zero-order valence-electron chi connectivity index (χ0n) is 11.2. The van der Waals surface area contributed by atoms with Crippen LogP contribution in [-0.2, 0) is 20.1 Å². The van der Waals surface area contributed by atoms with Crippen molar-refractivity contribution in [3.63, 3.8) is 0 Å². The Morgan fingerprint density at radius 1 is 1.20 bits per heavy atom. The van der Waals surface area contributed by atoms with Gasteiger partial charge in [0.2, 0.25) is 0 Å². The molecule has 3 aromatic rings. The molecule has 3 rings (SSSR count). The third-order valence-electron chi connectivity index (χ3n) is 2.95. The summed E-state index contributed by atoms with van der Waals surface area (Å²) in [4.78, 5) is 13.2. The highest BCUT2D eigenvalue weighted by Gasteiger charge is 2.05. The quantitative estimate of drug-likeness (QED) is 0.781. The van der Waals surface area contributed by atoms with E-state index in [1.54, 1.807) is 23.7 Å². The number of imidazole rings is 1. The van der Waals surface area contributed by atoms with Crippen molar-refractivity contribution in [3.8, 4) is 10.7 Å². The van der Waals surface area contributed by atoms with Gasteiger partial charge < -0.3 is 9.88 Å². The normalized spacial score (nSPS) is 10.8. The topological polar surface area (TPSA) is 55.6 Å². The van der Waals surface area contributed by atoms with Crippen LogP contribution in [0.2, 0.25) is 0 Å². The van der Waals surface area contributed by atoms with Crippen LogP contribution in [-0.4, -0.2) is 19.5 Å². The molecule has 5 nitrogen and oxygen atoms in total. The molecule has 102 valence electrons. The van der Waals surface area contributed by atoms with Crippen molar-refractivity contribution in [2.45, 2.75) is 13.1 Å². The van der Waals surface area contributed by atoms with E-state index in [1.807, 2.05) is 36.0 Å². The first-order valence-corrected chi connectivity index (χ1v) is 7.23. The Bertz CT molecular complexity index is 674. The lowest BCUT2D eigenvalue weighted by molar-refractivity contribution is 0.632. The predicted octanol–water partition coefficient (Wildman–Crippen LogP) is 2.23. The molecule has 0 radical (unpaired) electrons. The second-order valence-corrected chi connectivity index (χ2v) is 5.28. The minimum Gasteiger partial charge on any atom is -0.337 e. The number of nitrogens with one attached hydrogen (secondary N) is 1. The molecule has 20 heavy (non-hydrogen) atoms. The van der Waals surface area contributed by atoms with Crippen LogP contribution in [0.1, 0.15) is 11.5 Å². The molecule has 6 heteroatoms. The minimum absolute atomic E-state index is 0.732. The molecule has 0 saturated carbocycles. The summed E-state index contributed by atoms with van der Waals surface area (Å²) in [6.45, 7) is 1.47. The summed E-state index contributed by atoms with van der Waals surface area (Å²) in [5, 5.41) is 6.37. The van der Waals surface area contributed by atoms with Crippen LogP contribution < -0.4 is 5.32 Å². The molecule has 3 heterocycles. The number of nitrogens with zero attached hydrogens (tertiary/aromatic N) is 4. The fourth-order valence-corrected chi connectivity index (χ4v) is 2.66. The zero-order valence-corrected chi connectivity index (χ0v) is 12.0. The van der Waals surface area contributed by atoms with Gasteiger partial charge in [-0.1, -0.05) is 6.07 Å². The first kappa shape index (κ1) is 13.0. The van der Waals surface area contributed by atoms with Crippen molar-refractivity contribution < 1.29 is 0 Å². The van der Waals surface area contributed by atoms with Crippen LogP contribution in [0.4, 0.5) is 0 Å². The summed E-state index contributed by atoms with van der Waals surface area (Å²) >= 11 is 1.62. The van der Waals surface area contributed by atoms with Crippen LogP contribution in [0.15, 0.2) is 42.2 Å². The van der Waals surface area contributed by atoms with E-state index >= 15 is 0 Å². The third-order valence-corrected chi connectivity index (χ3v) is 3.86. The Morgan fingerprint density at radius 2 is 2.15 bits per heavy atom. The predicted molar refractivity (Wildman–Crippen MR) is 79.1 cm³/mol. The summed E-state index contributed by atoms with van der Waals surface area (Å²) < 4.78 is 2.01. The highest BCUT2D eigenvalue weighted by Crippen LogP contribution is 2.21. The van der Waals surface area contributed by atoms with Crippen LogP contribution in [0.25, 0.3) is 10.7 Å². The molecule has 0 saturated heterocycles. The maximum Gasteiger partial charge on any atom is 0.142 e. The van der Waals surface area contributed by atoms with Crippen molar-refractivity contribution >= 4 is 11.3 Å². The molecule has 0 aromatic carbocycles. The van der Waals surface area contributed by atoms with Gasteiger partial charge in [-0.05, 0) is 12.1 Å². The fourth-order valence-electron chi connectivity index (χ4n) is 1.86. The Hall–Kier alpha value is -2.05. The van der Waals surface area contributed by atoms with E-state index < -0.39 is 0 Å². The standard InChI is InChI=1S/C14H15N5S/c1-19-7-6-17-13(19)9-15-8-11-10-20-14(18-11)12-4-2-3-5-16-12/h2-7,10,15H,8-9H2,1H3. The van der Waals surface area contributed by atoms with E-state index in [-0.39, 0.29) is 0 Å². The molecule has 0 aliphatic rings. The van der Waals surface area contributed by atoms with Crippen LogP contribution in [0.5, 0.6) is 0 Å². The van der Waals surface area contributed by atoms with E-state index in [4.69, 9.17) is 0 Å². The van der Waals surface area contributed by atoms with Gasteiger partial charge in [-0.15, -0.1) is 11.3 Å². The number of pyridine rings is 1. The molecular formula is C14H15N5S. The first-order valence-electron chi connectivity index (χ1n) is 6.35. The van der Waals surface area contributed by atoms with E-state index in [0.29, 0.717) is 0 Å². The lowest BCUT2D eigenvalue weighted by atomic mass is 10.3. The van der Waals surface area contributed by atoms with Crippen molar-refractivity contribution in [3.05, 3.63) is 53.7 Å². The van der Waals surface area contributed by atoms with Gasteiger partial charge >= 0.3 is 0 Å². The molecule has 0 bridgehead atoms. The van der Waals surface area contributed by atoms with Gasteiger partial charge in [-0.3, -0.25) is 4.98 Å². The zero-order chi connectivity index (χ0) is 13.8. The Balaban J connectivity index is 1.59. The largest absolute Gasteiger partial charge is 0.337 e. The fraction of sp³-hybridized carbons (Fsp3) is 0.214. The van der Waals surface area contributed by atoms with Gasteiger partial charge in [0.15, 0.2) is 0 Å². The SMILES string of the molecule is Cn1ccnc1CNCc1csc(-c2ccccn2)n1. The molecule has 0 fully saturated rings. The molecule has 0 amide bonds. The van der Waals surface area contributed by atoms with E-state index in [9.17, 15) is 0 Å². The van der Waals surface area contributed by atoms with Crippen molar-refractivity contribution in [2.75, 3.05) is 0 Å². The highest BCUT2D eigenvalue weighted by atomic mass is 32.1. The van der Waals surface area contributed by atoms with E-state index in [1.165, 1.54) is 0 Å². The third kappa shape index (κ3) is 2.92. The first-order chi connectivity index (χ1) is 9.83. The Morgan fingerprint density at radius 3 is 2.90 bits per heavy atom. The second-order valence-electron chi connectivity index (χ2n) is 4.42. The van der Waals surface area contributed by atoms with Gasteiger partial charge in [0.05, 0.1) is 17.9 Å². The maximum absolute atomic E-state index is 4.59. The molecule has 1 N–H and O–H groups in total. The van der Waals surface area contributed by atoms with Gasteiger partial charge in [0, 0.05) is 37.6 Å². The van der Waals surface area contributed by atoms with E-state index in [2.05, 4.69) is 25.6 Å². The van der Waals surface area contributed by atoms with Crippen LogP contribution in [0, 0.1) is 0 Å². The van der Waals surface area contributed by atoms with Crippen molar-refractivity contribution in [2.24, 2.45) is 7.05 Å². The lowest BCUT2D eigenvalue weighted by Gasteiger charge is -2.02. The summed E-state index contributed by atoms with van der Waals surface area (Å²) in [6.07, 6.45) is 5.54.